The van der Waals surface area contributed by atoms with Crippen molar-refractivity contribution in [2.24, 2.45) is 0 Å². The van der Waals surface area contributed by atoms with Gasteiger partial charge in [0.15, 0.2) is 0 Å². The first-order valence-electron chi connectivity index (χ1n) is 7.54. The molecule has 2 atom stereocenters. The molecule has 1 aliphatic carbocycles. The number of nitrogens with one attached hydrogen (secondary N) is 1. The van der Waals surface area contributed by atoms with Gasteiger partial charge in [-0.15, -0.1) is 10.2 Å². The van der Waals surface area contributed by atoms with Gasteiger partial charge in [0.2, 0.25) is 0 Å². The molecular formula is C14H24N4S. The molecule has 106 valence electrons. The molecule has 0 radical (unpaired) electrons. The summed E-state index contributed by atoms with van der Waals surface area (Å²) in [5.74, 6) is 2.33. The molecule has 1 aliphatic heterocycles. The molecule has 1 N–H and O–H groups in total. The molecule has 3 rings (SSSR count). The van der Waals surface area contributed by atoms with E-state index in [2.05, 4.69) is 26.3 Å². The maximum atomic E-state index is 4.37. The van der Waals surface area contributed by atoms with Gasteiger partial charge in [0.05, 0.1) is 6.54 Å². The number of rotatable bonds is 4. The fourth-order valence-corrected chi connectivity index (χ4v) is 4.11. The van der Waals surface area contributed by atoms with Crippen molar-refractivity contribution in [1.82, 2.24) is 20.1 Å². The van der Waals surface area contributed by atoms with Crippen molar-refractivity contribution in [2.75, 3.05) is 6.26 Å². The first kappa shape index (κ1) is 13.4. The number of hydrogen-bond donors (Lipinski definition) is 1. The van der Waals surface area contributed by atoms with Crippen molar-refractivity contribution in [3.8, 4) is 0 Å². The van der Waals surface area contributed by atoms with Gasteiger partial charge in [-0.3, -0.25) is 0 Å². The fourth-order valence-electron chi connectivity index (χ4n) is 3.28. The summed E-state index contributed by atoms with van der Waals surface area (Å²) in [5, 5.41) is 13.2. The van der Waals surface area contributed by atoms with E-state index < -0.39 is 0 Å². The van der Waals surface area contributed by atoms with Crippen molar-refractivity contribution in [2.45, 2.75) is 69.3 Å². The molecule has 0 bridgehead atoms. The summed E-state index contributed by atoms with van der Waals surface area (Å²) in [6, 6.07) is 0.669. The van der Waals surface area contributed by atoms with Gasteiger partial charge < -0.3 is 9.88 Å². The molecule has 1 saturated carbocycles. The molecule has 4 nitrogen and oxygen atoms in total. The van der Waals surface area contributed by atoms with Gasteiger partial charge in [-0.05, 0) is 38.4 Å². The normalized spacial score (nSPS) is 27.2. The van der Waals surface area contributed by atoms with E-state index in [9.17, 15) is 0 Å². The van der Waals surface area contributed by atoms with Crippen LogP contribution in [0, 0.1) is 0 Å². The van der Waals surface area contributed by atoms with Gasteiger partial charge in [-0.2, -0.15) is 11.8 Å². The predicted octanol–water partition coefficient (Wildman–Crippen LogP) is 2.38. The van der Waals surface area contributed by atoms with E-state index in [0.717, 1.165) is 30.6 Å². The second-order valence-electron chi connectivity index (χ2n) is 5.74. The smallest absolute Gasteiger partial charge is 0.147 e. The maximum Gasteiger partial charge on any atom is 0.147 e. The minimum Gasteiger partial charge on any atom is -0.314 e. The van der Waals surface area contributed by atoms with Crippen LogP contribution in [0.15, 0.2) is 0 Å². The standard InChI is InChI=1S/C14H24N4S/c1-19-12-6-4-5-11(9-12)15-10-14-17-16-13-7-2-3-8-18(13)14/h11-12,15H,2-10H2,1H3. The Kier molecular flexibility index (Phi) is 4.43. The van der Waals surface area contributed by atoms with Crippen LogP contribution in [0.25, 0.3) is 0 Å². The van der Waals surface area contributed by atoms with Crippen LogP contribution >= 0.6 is 11.8 Å². The van der Waals surface area contributed by atoms with Gasteiger partial charge in [-0.25, -0.2) is 0 Å². The monoisotopic (exact) mass is 280 g/mol. The second kappa shape index (κ2) is 6.27. The number of aromatic nitrogens is 3. The van der Waals surface area contributed by atoms with Crippen LogP contribution in [-0.2, 0) is 19.5 Å². The molecule has 0 aromatic carbocycles. The van der Waals surface area contributed by atoms with E-state index in [1.54, 1.807) is 0 Å². The highest BCUT2D eigenvalue weighted by Crippen LogP contribution is 2.27. The highest BCUT2D eigenvalue weighted by molar-refractivity contribution is 7.99. The molecule has 2 unspecified atom stereocenters. The fraction of sp³-hybridized carbons (Fsp3) is 0.857. The van der Waals surface area contributed by atoms with Gasteiger partial charge in [0, 0.05) is 24.3 Å². The minimum atomic E-state index is 0.669. The highest BCUT2D eigenvalue weighted by atomic mass is 32.2. The van der Waals surface area contributed by atoms with E-state index in [4.69, 9.17) is 0 Å². The summed E-state index contributed by atoms with van der Waals surface area (Å²) >= 11 is 2.02. The third kappa shape index (κ3) is 3.14. The van der Waals surface area contributed by atoms with Crippen LogP contribution in [0.2, 0.25) is 0 Å². The lowest BCUT2D eigenvalue weighted by atomic mass is 9.95. The topological polar surface area (TPSA) is 42.7 Å². The van der Waals surface area contributed by atoms with Crippen molar-refractivity contribution in [1.29, 1.82) is 0 Å². The van der Waals surface area contributed by atoms with Crippen molar-refractivity contribution in [3.63, 3.8) is 0 Å². The van der Waals surface area contributed by atoms with E-state index in [0.29, 0.717) is 6.04 Å². The van der Waals surface area contributed by atoms with Crippen LogP contribution in [0.1, 0.15) is 50.2 Å². The Hall–Kier alpha value is -0.550. The zero-order chi connectivity index (χ0) is 13.1. The molecule has 2 aliphatic rings. The van der Waals surface area contributed by atoms with E-state index in [-0.39, 0.29) is 0 Å². The van der Waals surface area contributed by atoms with Crippen LogP contribution < -0.4 is 5.32 Å². The number of thioether (sulfide) groups is 1. The Labute approximate surface area is 119 Å². The quantitative estimate of drug-likeness (QED) is 0.919. The lowest BCUT2D eigenvalue weighted by Gasteiger charge is -2.28. The Morgan fingerprint density at radius 1 is 1.26 bits per heavy atom. The van der Waals surface area contributed by atoms with Crippen molar-refractivity contribution >= 4 is 11.8 Å². The first-order chi connectivity index (χ1) is 9.36. The first-order valence-corrected chi connectivity index (χ1v) is 8.82. The lowest BCUT2D eigenvalue weighted by Crippen LogP contribution is -2.35. The summed E-state index contributed by atoms with van der Waals surface area (Å²) in [5.41, 5.74) is 0. The largest absolute Gasteiger partial charge is 0.314 e. The summed E-state index contributed by atoms with van der Waals surface area (Å²) in [6.07, 6.45) is 11.3. The zero-order valence-electron chi connectivity index (χ0n) is 11.8. The molecule has 0 amide bonds. The third-order valence-corrected chi connectivity index (χ3v) is 5.54. The van der Waals surface area contributed by atoms with E-state index in [1.165, 1.54) is 44.3 Å². The number of hydrogen-bond acceptors (Lipinski definition) is 4. The Morgan fingerprint density at radius 2 is 2.21 bits per heavy atom. The van der Waals surface area contributed by atoms with Crippen LogP contribution in [0.3, 0.4) is 0 Å². The Balaban J connectivity index is 1.56. The molecule has 5 heteroatoms. The van der Waals surface area contributed by atoms with E-state index in [1.807, 2.05) is 11.8 Å². The van der Waals surface area contributed by atoms with Crippen LogP contribution in [-0.4, -0.2) is 32.3 Å². The van der Waals surface area contributed by atoms with Gasteiger partial charge in [-0.1, -0.05) is 6.42 Å². The van der Waals surface area contributed by atoms with Gasteiger partial charge in [0.25, 0.3) is 0 Å². The third-order valence-electron chi connectivity index (χ3n) is 4.44. The van der Waals surface area contributed by atoms with Crippen LogP contribution in [0.4, 0.5) is 0 Å². The summed E-state index contributed by atoms with van der Waals surface area (Å²) in [6.45, 7) is 2.00. The SMILES string of the molecule is CSC1CCCC(NCc2nnc3n2CCCC3)C1. The number of nitrogens with zero attached hydrogens (tertiary/aromatic N) is 3. The van der Waals surface area contributed by atoms with Gasteiger partial charge >= 0.3 is 0 Å². The average Bonchev–Trinajstić information content (AvgIpc) is 2.89. The molecule has 0 spiro atoms. The molecule has 2 heterocycles. The predicted molar refractivity (Wildman–Crippen MR) is 79.4 cm³/mol. The Morgan fingerprint density at radius 3 is 3.11 bits per heavy atom. The molecular weight excluding hydrogens is 256 g/mol. The molecule has 1 aromatic heterocycles. The zero-order valence-corrected chi connectivity index (χ0v) is 12.6. The number of aryl methyl sites for hydroxylation is 1. The maximum absolute atomic E-state index is 4.37. The van der Waals surface area contributed by atoms with Crippen LogP contribution in [0.5, 0.6) is 0 Å². The summed E-state index contributed by atoms with van der Waals surface area (Å²) in [7, 11) is 0. The molecule has 1 fully saturated rings. The minimum absolute atomic E-state index is 0.669. The second-order valence-corrected chi connectivity index (χ2v) is 6.88. The summed E-state index contributed by atoms with van der Waals surface area (Å²) in [4.78, 5) is 0. The molecule has 1 aromatic rings. The Bertz CT molecular complexity index is 418. The lowest BCUT2D eigenvalue weighted by molar-refractivity contribution is 0.371. The van der Waals surface area contributed by atoms with Crippen molar-refractivity contribution in [3.05, 3.63) is 11.6 Å². The molecule has 0 saturated heterocycles. The van der Waals surface area contributed by atoms with Crippen molar-refractivity contribution < 1.29 is 0 Å². The average molecular weight is 280 g/mol. The molecule has 19 heavy (non-hydrogen) atoms. The van der Waals surface area contributed by atoms with Gasteiger partial charge in [0.1, 0.15) is 11.6 Å². The highest BCUT2D eigenvalue weighted by Gasteiger charge is 2.22. The van der Waals surface area contributed by atoms with E-state index >= 15 is 0 Å². The number of fused-ring (bicyclic) bond motifs is 1. The summed E-state index contributed by atoms with van der Waals surface area (Å²) < 4.78 is 2.32.